The zero-order chi connectivity index (χ0) is 16.0. The monoisotopic (exact) mass is 312 g/mol. The third-order valence-electron chi connectivity index (χ3n) is 5.39. The molecule has 2 atom stereocenters. The number of hydrogen-bond donors (Lipinski definition) is 1. The minimum atomic E-state index is -0.0680. The van der Waals surface area contributed by atoms with Gasteiger partial charge >= 0.3 is 0 Å². The van der Waals surface area contributed by atoms with Crippen molar-refractivity contribution in [2.24, 2.45) is 5.92 Å². The first-order valence-electron chi connectivity index (χ1n) is 8.19. The number of aldehydes is 1. The molecule has 3 aliphatic heterocycles. The van der Waals surface area contributed by atoms with Gasteiger partial charge in [-0.1, -0.05) is 6.07 Å². The molecule has 0 saturated carbocycles. The van der Waals surface area contributed by atoms with E-state index in [4.69, 9.17) is 4.42 Å². The van der Waals surface area contributed by atoms with Crippen LogP contribution in [0.4, 0.5) is 0 Å². The summed E-state index contributed by atoms with van der Waals surface area (Å²) >= 11 is 0. The fraction of sp³-hybridized carbons (Fsp3) is 0.444. The summed E-state index contributed by atoms with van der Waals surface area (Å²) < 4.78 is 5.41. The quantitative estimate of drug-likeness (QED) is 0.884. The molecule has 2 aromatic rings. The molecule has 0 unspecified atom stereocenters. The van der Waals surface area contributed by atoms with E-state index in [1.54, 1.807) is 18.2 Å². The van der Waals surface area contributed by atoms with Crippen molar-refractivity contribution in [3.8, 4) is 0 Å². The molecule has 120 valence electrons. The van der Waals surface area contributed by atoms with Gasteiger partial charge in [0.1, 0.15) is 5.58 Å². The predicted octanol–water partition coefficient (Wildman–Crippen LogP) is 2.46. The lowest BCUT2D eigenvalue weighted by atomic mass is 9.79. The van der Waals surface area contributed by atoms with Gasteiger partial charge in [0.15, 0.2) is 12.0 Å². The van der Waals surface area contributed by atoms with Crippen molar-refractivity contribution in [2.75, 3.05) is 13.1 Å². The van der Waals surface area contributed by atoms with Crippen molar-refractivity contribution in [1.82, 2.24) is 10.2 Å². The van der Waals surface area contributed by atoms with Crippen LogP contribution in [-0.2, 0) is 0 Å². The smallest absolute Gasteiger partial charge is 0.251 e. The second-order valence-electron chi connectivity index (χ2n) is 6.63. The van der Waals surface area contributed by atoms with Gasteiger partial charge in [0.25, 0.3) is 5.91 Å². The number of rotatable bonds is 3. The Morgan fingerprint density at radius 3 is 2.78 bits per heavy atom. The number of nitrogens with zero attached hydrogens (tertiary/aromatic N) is 1. The Balaban J connectivity index is 1.55. The van der Waals surface area contributed by atoms with E-state index in [0.717, 1.165) is 31.3 Å². The minimum Gasteiger partial charge on any atom is -0.453 e. The van der Waals surface area contributed by atoms with Crippen molar-refractivity contribution in [3.05, 3.63) is 35.6 Å². The number of carbonyl (C=O) groups is 2. The molecule has 1 aromatic heterocycles. The number of hydrogen-bond acceptors (Lipinski definition) is 4. The highest BCUT2D eigenvalue weighted by atomic mass is 16.3. The molecule has 4 heterocycles. The normalized spacial score (nSPS) is 29.6. The molecular weight excluding hydrogens is 292 g/mol. The summed E-state index contributed by atoms with van der Waals surface area (Å²) in [4.78, 5) is 25.9. The van der Waals surface area contributed by atoms with Gasteiger partial charge in [-0.2, -0.15) is 0 Å². The summed E-state index contributed by atoms with van der Waals surface area (Å²) in [6.07, 6.45) is 3.00. The predicted molar refractivity (Wildman–Crippen MR) is 86.6 cm³/mol. The second kappa shape index (κ2) is 5.49. The molecule has 0 spiro atoms. The van der Waals surface area contributed by atoms with Gasteiger partial charge in [-0.05, 0) is 57.0 Å². The highest BCUT2D eigenvalue weighted by Crippen LogP contribution is 2.32. The molecule has 3 aliphatic rings. The Bertz CT molecular complexity index is 757. The number of benzene rings is 1. The second-order valence-corrected chi connectivity index (χ2v) is 6.63. The van der Waals surface area contributed by atoms with Crippen LogP contribution in [0.3, 0.4) is 0 Å². The highest BCUT2D eigenvalue weighted by molar-refractivity contribution is 5.98. The Kier molecular flexibility index (Phi) is 3.45. The van der Waals surface area contributed by atoms with Crippen molar-refractivity contribution in [1.29, 1.82) is 0 Å². The standard InChI is InChI=1S/C18H20N2O3/c1-11-17(12-4-6-20(11)7-5-12)19-18(22)14-3-2-13-8-15(10-21)23-16(13)9-14/h2-3,8-12,17H,4-7H2,1H3,(H,19,22)/t11-,17-/m0/s1. The van der Waals surface area contributed by atoms with Gasteiger partial charge in [-0.3, -0.25) is 14.5 Å². The summed E-state index contributed by atoms with van der Waals surface area (Å²) in [6.45, 7) is 4.48. The van der Waals surface area contributed by atoms with E-state index in [0.29, 0.717) is 29.4 Å². The van der Waals surface area contributed by atoms with E-state index in [-0.39, 0.29) is 17.7 Å². The Labute approximate surface area is 134 Å². The highest BCUT2D eigenvalue weighted by Gasteiger charge is 2.40. The molecule has 1 N–H and O–H groups in total. The summed E-state index contributed by atoms with van der Waals surface area (Å²) in [7, 11) is 0. The lowest BCUT2D eigenvalue weighted by Gasteiger charge is -2.49. The zero-order valence-electron chi connectivity index (χ0n) is 13.1. The van der Waals surface area contributed by atoms with Crippen molar-refractivity contribution >= 4 is 23.2 Å². The lowest BCUT2D eigenvalue weighted by Crippen LogP contribution is -2.62. The molecule has 23 heavy (non-hydrogen) atoms. The zero-order valence-corrected chi connectivity index (χ0v) is 13.1. The Morgan fingerprint density at radius 1 is 1.30 bits per heavy atom. The molecule has 5 rings (SSSR count). The lowest BCUT2D eigenvalue weighted by molar-refractivity contribution is 0.0217. The van der Waals surface area contributed by atoms with E-state index >= 15 is 0 Å². The molecule has 1 amide bonds. The maximum absolute atomic E-state index is 12.6. The SMILES string of the molecule is C[C@H]1[C@H](NC(=O)c2ccc3cc(C=O)oc3c2)C2CCN1CC2. The van der Waals surface area contributed by atoms with Crippen LogP contribution in [-0.4, -0.2) is 42.3 Å². The van der Waals surface area contributed by atoms with Crippen LogP contribution in [0.15, 0.2) is 28.7 Å². The third kappa shape index (κ3) is 2.45. The van der Waals surface area contributed by atoms with Gasteiger partial charge in [0.05, 0.1) is 0 Å². The molecule has 5 heteroatoms. The number of fused-ring (bicyclic) bond motifs is 4. The molecule has 3 saturated heterocycles. The Hall–Kier alpha value is -2.14. The van der Waals surface area contributed by atoms with Crippen LogP contribution in [0.5, 0.6) is 0 Å². The fourth-order valence-electron chi connectivity index (χ4n) is 4.03. The number of furan rings is 1. The van der Waals surface area contributed by atoms with Crippen LogP contribution in [0.25, 0.3) is 11.0 Å². The van der Waals surface area contributed by atoms with Crippen molar-refractivity contribution in [3.63, 3.8) is 0 Å². The maximum atomic E-state index is 12.6. The maximum Gasteiger partial charge on any atom is 0.251 e. The summed E-state index contributed by atoms with van der Waals surface area (Å²) in [5.74, 6) is 0.790. The van der Waals surface area contributed by atoms with Crippen LogP contribution in [0.1, 0.15) is 40.7 Å². The molecule has 0 aliphatic carbocycles. The number of carbonyl (C=O) groups excluding carboxylic acids is 2. The van der Waals surface area contributed by atoms with Gasteiger partial charge in [0.2, 0.25) is 0 Å². The van der Waals surface area contributed by atoms with Gasteiger partial charge in [-0.25, -0.2) is 0 Å². The first kappa shape index (κ1) is 14.5. The van der Waals surface area contributed by atoms with Crippen LogP contribution >= 0.6 is 0 Å². The molecule has 2 bridgehead atoms. The van der Waals surface area contributed by atoms with Crippen LogP contribution in [0.2, 0.25) is 0 Å². The molecular formula is C18H20N2O3. The van der Waals surface area contributed by atoms with E-state index < -0.39 is 0 Å². The van der Waals surface area contributed by atoms with E-state index in [2.05, 4.69) is 17.1 Å². The summed E-state index contributed by atoms with van der Waals surface area (Å²) in [5.41, 5.74) is 1.15. The van der Waals surface area contributed by atoms with Crippen molar-refractivity contribution in [2.45, 2.75) is 31.8 Å². The van der Waals surface area contributed by atoms with Gasteiger partial charge < -0.3 is 9.73 Å². The topological polar surface area (TPSA) is 62.6 Å². The van der Waals surface area contributed by atoms with Gasteiger partial charge in [-0.15, -0.1) is 0 Å². The molecule has 3 fully saturated rings. The first-order valence-corrected chi connectivity index (χ1v) is 8.19. The summed E-state index contributed by atoms with van der Waals surface area (Å²) in [5, 5.41) is 4.04. The summed E-state index contributed by atoms with van der Waals surface area (Å²) in [6, 6.07) is 7.60. The average Bonchev–Trinajstić information content (AvgIpc) is 3.00. The Morgan fingerprint density at radius 2 is 2.09 bits per heavy atom. The third-order valence-corrected chi connectivity index (χ3v) is 5.39. The van der Waals surface area contributed by atoms with Gasteiger partial charge in [0, 0.05) is 23.0 Å². The van der Waals surface area contributed by atoms with E-state index in [9.17, 15) is 9.59 Å². The fourth-order valence-corrected chi connectivity index (χ4v) is 4.03. The van der Waals surface area contributed by atoms with Crippen molar-refractivity contribution < 1.29 is 14.0 Å². The number of nitrogens with one attached hydrogen (secondary N) is 1. The molecule has 5 nitrogen and oxygen atoms in total. The molecule has 1 aromatic carbocycles. The average molecular weight is 312 g/mol. The number of piperidine rings is 3. The van der Waals surface area contributed by atoms with E-state index in [1.807, 2.05) is 6.07 Å². The van der Waals surface area contributed by atoms with Crippen LogP contribution < -0.4 is 5.32 Å². The van der Waals surface area contributed by atoms with E-state index in [1.165, 1.54) is 0 Å². The number of amides is 1. The van der Waals surface area contributed by atoms with Crippen LogP contribution in [0, 0.1) is 5.92 Å². The first-order chi connectivity index (χ1) is 11.2. The molecule has 0 radical (unpaired) electrons. The minimum absolute atomic E-state index is 0.0680. The largest absolute Gasteiger partial charge is 0.453 e.